The van der Waals surface area contributed by atoms with Crippen molar-refractivity contribution in [2.45, 2.75) is 49.6 Å². The monoisotopic (exact) mass is 532 g/mol. The van der Waals surface area contributed by atoms with Gasteiger partial charge in [-0.2, -0.15) is 0 Å². The molecule has 1 aliphatic rings. The van der Waals surface area contributed by atoms with Crippen LogP contribution in [0.25, 0.3) is 0 Å². The molecule has 1 aliphatic carbocycles. The highest BCUT2D eigenvalue weighted by Gasteiger charge is 2.26. The van der Waals surface area contributed by atoms with E-state index in [-0.39, 0.29) is 35.9 Å². The van der Waals surface area contributed by atoms with E-state index < -0.39 is 0 Å². The molecule has 2 atom stereocenters. The van der Waals surface area contributed by atoms with Gasteiger partial charge in [0.2, 0.25) is 5.91 Å². The number of benzene rings is 3. The molecule has 3 aromatic carbocycles. The van der Waals surface area contributed by atoms with E-state index in [0.29, 0.717) is 6.54 Å². The van der Waals surface area contributed by atoms with Gasteiger partial charge in [0.1, 0.15) is 17.5 Å². The SMILES string of the molecule is C[C@@H](CC(=O)N(Cc1nccn1C)c1ccc2c(c1)[C@@H](NSc1ccc(F)cc1)CC2)c1cccc(F)c1. The maximum atomic E-state index is 13.8. The molecular weight excluding hydrogens is 502 g/mol. The molecule has 0 bridgehead atoms. The normalized spacial score (nSPS) is 15.3. The number of aryl methyl sites for hydroxylation is 2. The number of fused-ring (bicyclic) bond motifs is 1. The van der Waals surface area contributed by atoms with Gasteiger partial charge in [0.05, 0.1) is 6.54 Å². The lowest BCUT2D eigenvalue weighted by molar-refractivity contribution is -0.119. The van der Waals surface area contributed by atoms with Gasteiger partial charge in [-0.1, -0.05) is 25.1 Å². The molecule has 0 unspecified atom stereocenters. The topological polar surface area (TPSA) is 50.2 Å². The van der Waals surface area contributed by atoms with Gasteiger partial charge in [0.15, 0.2) is 0 Å². The summed E-state index contributed by atoms with van der Waals surface area (Å²) in [6.45, 7) is 2.28. The van der Waals surface area contributed by atoms with Crippen LogP contribution in [-0.4, -0.2) is 15.5 Å². The zero-order valence-electron chi connectivity index (χ0n) is 21.4. The third-order valence-corrected chi connectivity index (χ3v) is 7.98. The molecule has 1 amide bonds. The van der Waals surface area contributed by atoms with Crippen LogP contribution in [0, 0.1) is 11.6 Å². The van der Waals surface area contributed by atoms with E-state index in [1.807, 2.05) is 36.9 Å². The Hall–Kier alpha value is -3.49. The number of rotatable bonds is 9. The first-order valence-electron chi connectivity index (χ1n) is 12.7. The fourth-order valence-corrected chi connectivity index (χ4v) is 5.63. The fraction of sp³-hybridized carbons (Fsp3) is 0.267. The number of imidazole rings is 1. The van der Waals surface area contributed by atoms with Crippen molar-refractivity contribution in [3.05, 3.63) is 113 Å². The fourth-order valence-electron chi connectivity index (χ4n) is 4.84. The second kappa shape index (κ2) is 11.5. The van der Waals surface area contributed by atoms with Gasteiger partial charge < -0.3 is 9.47 Å². The highest BCUT2D eigenvalue weighted by atomic mass is 32.2. The number of hydrogen-bond donors (Lipinski definition) is 1. The molecule has 38 heavy (non-hydrogen) atoms. The Morgan fingerprint density at radius 2 is 1.95 bits per heavy atom. The molecule has 1 heterocycles. The predicted octanol–water partition coefficient (Wildman–Crippen LogP) is 6.71. The van der Waals surface area contributed by atoms with Crippen molar-refractivity contribution >= 4 is 23.5 Å². The van der Waals surface area contributed by atoms with Gasteiger partial charge in [-0.25, -0.2) is 13.8 Å². The average molecular weight is 533 g/mol. The number of nitrogens with zero attached hydrogens (tertiary/aromatic N) is 3. The molecule has 0 saturated carbocycles. The van der Waals surface area contributed by atoms with Crippen molar-refractivity contribution in [2.75, 3.05) is 4.90 Å². The summed E-state index contributed by atoms with van der Waals surface area (Å²) in [6.07, 6.45) is 5.72. The Labute approximate surface area is 226 Å². The average Bonchev–Trinajstić information content (AvgIpc) is 3.51. The third kappa shape index (κ3) is 5.97. The summed E-state index contributed by atoms with van der Waals surface area (Å²) < 4.78 is 32.5. The van der Waals surface area contributed by atoms with Crippen LogP contribution in [0.3, 0.4) is 0 Å². The summed E-state index contributed by atoms with van der Waals surface area (Å²) in [4.78, 5) is 20.9. The molecule has 1 N–H and O–H groups in total. The first-order valence-corrected chi connectivity index (χ1v) is 13.5. The number of aromatic nitrogens is 2. The van der Waals surface area contributed by atoms with Crippen LogP contribution < -0.4 is 9.62 Å². The first kappa shape index (κ1) is 26.1. The van der Waals surface area contributed by atoms with Gasteiger partial charge in [-0.05, 0) is 95.9 Å². The minimum Gasteiger partial charge on any atom is -0.337 e. The van der Waals surface area contributed by atoms with Crippen LogP contribution in [-0.2, 0) is 24.8 Å². The smallest absolute Gasteiger partial charge is 0.228 e. The molecule has 8 heteroatoms. The van der Waals surface area contributed by atoms with Crippen LogP contribution in [0.15, 0.2) is 84.0 Å². The summed E-state index contributed by atoms with van der Waals surface area (Å²) in [5, 5.41) is 0. The largest absolute Gasteiger partial charge is 0.337 e. The first-order chi connectivity index (χ1) is 18.4. The van der Waals surface area contributed by atoms with Crippen LogP contribution >= 0.6 is 11.9 Å². The van der Waals surface area contributed by atoms with Crippen molar-refractivity contribution in [2.24, 2.45) is 7.05 Å². The molecule has 5 nitrogen and oxygen atoms in total. The van der Waals surface area contributed by atoms with Crippen LogP contribution in [0.4, 0.5) is 14.5 Å². The van der Waals surface area contributed by atoms with Gasteiger partial charge in [-0.3, -0.25) is 9.52 Å². The number of amides is 1. The summed E-state index contributed by atoms with van der Waals surface area (Å²) in [5.74, 6) is 0.0291. The van der Waals surface area contributed by atoms with Gasteiger partial charge in [-0.15, -0.1) is 0 Å². The van der Waals surface area contributed by atoms with E-state index in [0.717, 1.165) is 40.4 Å². The molecule has 196 valence electrons. The lowest BCUT2D eigenvalue weighted by atomic mass is 9.96. The number of hydrogen-bond acceptors (Lipinski definition) is 4. The lowest BCUT2D eigenvalue weighted by Crippen LogP contribution is -2.32. The second-order valence-corrected chi connectivity index (χ2v) is 10.7. The number of carbonyl (C=O) groups excluding carboxylic acids is 1. The highest BCUT2D eigenvalue weighted by Crippen LogP contribution is 2.37. The summed E-state index contributed by atoms with van der Waals surface area (Å²) >= 11 is 1.48. The summed E-state index contributed by atoms with van der Waals surface area (Å²) in [6, 6.07) is 19.2. The minimum absolute atomic E-state index is 0.0482. The molecule has 0 spiro atoms. The van der Waals surface area contributed by atoms with Crippen molar-refractivity contribution in [1.29, 1.82) is 0 Å². The molecule has 0 fully saturated rings. The standard InChI is InChI=1S/C30H30F2N4OS/c1-20(22-4-3-5-24(32)17-22)16-30(37)36(19-29-33-14-15-35(29)2)25-10-6-21-7-13-28(27(21)18-25)34-38-26-11-8-23(31)9-12-26/h3-6,8-12,14-15,17-18,20,28,34H,7,13,16,19H2,1-2H3/t20-,28-/m0/s1. The van der Waals surface area contributed by atoms with E-state index in [4.69, 9.17) is 0 Å². The third-order valence-electron chi connectivity index (χ3n) is 7.07. The van der Waals surface area contributed by atoms with Crippen molar-refractivity contribution in [3.8, 4) is 0 Å². The zero-order valence-corrected chi connectivity index (χ0v) is 22.2. The van der Waals surface area contributed by atoms with E-state index in [1.54, 1.807) is 29.3 Å². The van der Waals surface area contributed by atoms with Crippen molar-refractivity contribution in [3.63, 3.8) is 0 Å². The Kier molecular flexibility index (Phi) is 7.90. The Bertz CT molecular complexity index is 1420. The zero-order chi connectivity index (χ0) is 26.6. The van der Waals surface area contributed by atoms with E-state index in [2.05, 4.69) is 21.8 Å². The number of halogens is 2. The van der Waals surface area contributed by atoms with E-state index >= 15 is 0 Å². The molecular formula is C30H30F2N4OS. The molecule has 0 saturated heterocycles. The Balaban J connectivity index is 1.38. The molecule has 1 aromatic heterocycles. The number of carbonyl (C=O) groups is 1. The van der Waals surface area contributed by atoms with E-state index in [9.17, 15) is 13.6 Å². The van der Waals surface area contributed by atoms with Crippen LogP contribution in [0.1, 0.15) is 54.2 Å². The highest BCUT2D eigenvalue weighted by molar-refractivity contribution is 7.97. The lowest BCUT2D eigenvalue weighted by Gasteiger charge is -2.26. The second-order valence-electron chi connectivity index (χ2n) is 9.74. The van der Waals surface area contributed by atoms with Gasteiger partial charge in [0, 0.05) is 42.5 Å². The van der Waals surface area contributed by atoms with Crippen molar-refractivity contribution in [1.82, 2.24) is 14.3 Å². The van der Waals surface area contributed by atoms with Crippen LogP contribution in [0.5, 0.6) is 0 Å². The molecule has 4 aromatic rings. The van der Waals surface area contributed by atoms with Gasteiger partial charge in [0.25, 0.3) is 0 Å². The van der Waals surface area contributed by atoms with E-state index in [1.165, 1.54) is 41.8 Å². The predicted molar refractivity (Wildman–Crippen MR) is 147 cm³/mol. The number of nitrogens with one attached hydrogen (secondary N) is 1. The minimum atomic E-state index is -0.303. The maximum Gasteiger partial charge on any atom is 0.228 e. The van der Waals surface area contributed by atoms with Crippen LogP contribution in [0.2, 0.25) is 0 Å². The Morgan fingerprint density at radius 3 is 2.68 bits per heavy atom. The maximum absolute atomic E-state index is 13.8. The molecule has 0 radical (unpaired) electrons. The Morgan fingerprint density at radius 1 is 1.13 bits per heavy atom. The summed E-state index contributed by atoms with van der Waals surface area (Å²) in [5.41, 5.74) is 4.02. The number of anilines is 1. The quantitative estimate of drug-likeness (QED) is 0.244. The molecule has 0 aliphatic heterocycles. The molecule has 5 rings (SSSR count). The summed E-state index contributed by atoms with van der Waals surface area (Å²) in [7, 11) is 1.91. The van der Waals surface area contributed by atoms with Crippen molar-refractivity contribution < 1.29 is 13.6 Å². The van der Waals surface area contributed by atoms with Gasteiger partial charge >= 0.3 is 0 Å².